The molecule has 0 bridgehead atoms. The molecule has 0 radical (unpaired) electrons. The van der Waals surface area contributed by atoms with Crippen LogP contribution >= 0.6 is 0 Å². The van der Waals surface area contributed by atoms with Crippen LogP contribution in [0, 0.1) is 11.8 Å². The highest BCUT2D eigenvalue weighted by Crippen LogP contribution is 2.34. The van der Waals surface area contributed by atoms with Gasteiger partial charge in [-0.3, -0.25) is 19.4 Å². The number of anilines is 2. The fraction of sp³-hybridized carbons (Fsp3) is 0.543. The maximum atomic E-state index is 13.0. The minimum atomic E-state index is -0.506. The molecule has 10 nitrogen and oxygen atoms in total. The van der Waals surface area contributed by atoms with Crippen molar-refractivity contribution in [3.8, 4) is 0 Å². The van der Waals surface area contributed by atoms with Crippen molar-refractivity contribution in [1.82, 2.24) is 19.6 Å². The van der Waals surface area contributed by atoms with Gasteiger partial charge in [0.05, 0.1) is 0 Å². The summed E-state index contributed by atoms with van der Waals surface area (Å²) in [6.45, 7) is 13.2. The van der Waals surface area contributed by atoms with Gasteiger partial charge >= 0.3 is 6.09 Å². The SMILES string of the molecule is C.CN1CCN(C(=O)OC(C)(C)C)CC1CN(C(=O)C1CC1)c1ccccc1.CN1CCN(CCc2ccccc2)CC1CN(C(=O)C1CC1)c1ccccc1. The second kappa shape index (κ2) is 19.7. The number of hydrogen-bond acceptors (Lipinski definition) is 7. The highest BCUT2D eigenvalue weighted by Gasteiger charge is 2.38. The number of ether oxygens (including phenoxy) is 1. The predicted molar refractivity (Wildman–Crippen MR) is 227 cm³/mol. The topological polar surface area (TPSA) is 79.9 Å². The summed E-state index contributed by atoms with van der Waals surface area (Å²) in [6.07, 6.45) is 4.86. The van der Waals surface area contributed by atoms with Crippen molar-refractivity contribution < 1.29 is 19.1 Å². The van der Waals surface area contributed by atoms with Crippen molar-refractivity contribution >= 4 is 29.3 Å². The third-order valence-corrected chi connectivity index (χ3v) is 11.2. The van der Waals surface area contributed by atoms with E-state index in [4.69, 9.17) is 4.74 Å². The van der Waals surface area contributed by atoms with Gasteiger partial charge in [0.25, 0.3) is 0 Å². The van der Waals surface area contributed by atoms with E-state index in [0.29, 0.717) is 31.6 Å². The summed E-state index contributed by atoms with van der Waals surface area (Å²) in [7, 11) is 4.26. The van der Waals surface area contributed by atoms with Gasteiger partial charge in [-0.1, -0.05) is 74.2 Å². The number of benzene rings is 3. The molecule has 2 saturated heterocycles. The van der Waals surface area contributed by atoms with Gasteiger partial charge in [-0.15, -0.1) is 0 Å². The monoisotopic (exact) mass is 767 g/mol. The molecule has 0 spiro atoms. The molecule has 2 aliphatic heterocycles. The van der Waals surface area contributed by atoms with Gasteiger partial charge in [-0.25, -0.2) is 4.79 Å². The van der Waals surface area contributed by atoms with Crippen LogP contribution in [0.25, 0.3) is 0 Å². The first-order valence-corrected chi connectivity index (χ1v) is 20.3. The van der Waals surface area contributed by atoms with E-state index in [-0.39, 0.29) is 37.3 Å². The normalized spacial score (nSPS) is 20.6. The summed E-state index contributed by atoms with van der Waals surface area (Å²) in [6, 6.07) is 31.2. The molecule has 0 N–H and O–H groups in total. The van der Waals surface area contributed by atoms with E-state index in [1.54, 1.807) is 4.90 Å². The number of piperazine rings is 2. The van der Waals surface area contributed by atoms with Crippen LogP contribution in [0.15, 0.2) is 91.0 Å². The molecule has 2 heterocycles. The third kappa shape index (κ3) is 12.4. The summed E-state index contributed by atoms with van der Waals surface area (Å²) in [4.78, 5) is 51.3. The van der Waals surface area contributed by atoms with Crippen LogP contribution in [0.4, 0.5) is 16.2 Å². The van der Waals surface area contributed by atoms with Gasteiger partial charge in [0, 0.05) is 94.2 Å². The lowest BCUT2D eigenvalue weighted by Crippen LogP contribution is -2.58. The number of rotatable bonds is 11. The molecule has 56 heavy (non-hydrogen) atoms. The Morgan fingerprint density at radius 3 is 1.55 bits per heavy atom. The number of carbonyl (C=O) groups is 3. The van der Waals surface area contributed by atoms with Crippen LogP contribution in [0.5, 0.6) is 0 Å². The van der Waals surface area contributed by atoms with E-state index >= 15 is 0 Å². The third-order valence-electron chi connectivity index (χ3n) is 11.2. The molecule has 304 valence electrons. The van der Waals surface area contributed by atoms with E-state index in [2.05, 4.69) is 71.3 Å². The Morgan fingerprint density at radius 2 is 1.09 bits per heavy atom. The Labute approximate surface area is 336 Å². The van der Waals surface area contributed by atoms with Crippen molar-refractivity contribution in [2.75, 3.05) is 82.8 Å². The second-order valence-corrected chi connectivity index (χ2v) is 16.8. The summed E-state index contributed by atoms with van der Waals surface area (Å²) < 4.78 is 5.53. The van der Waals surface area contributed by atoms with Crippen LogP contribution in [0.3, 0.4) is 0 Å². The molecule has 2 saturated carbocycles. The molecular weight excluding hydrogens is 701 g/mol. The summed E-state index contributed by atoms with van der Waals surface area (Å²) >= 11 is 0. The second-order valence-electron chi connectivity index (χ2n) is 16.8. The number of para-hydroxylation sites is 2. The molecular formula is C46H66N6O4. The molecule has 10 heteroatoms. The average molecular weight is 767 g/mol. The van der Waals surface area contributed by atoms with Crippen LogP contribution in [-0.2, 0) is 20.7 Å². The van der Waals surface area contributed by atoms with Crippen LogP contribution in [-0.4, -0.2) is 128 Å². The summed E-state index contributed by atoms with van der Waals surface area (Å²) in [5, 5.41) is 0. The number of hydrogen-bond donors (Lipinski definition) is 0. The van der Waals surface area contributed by atoms with E-state index in [0.717, 1.165) is 82.7 Å². The molecule has 3 aromatic rings. The van der Waals surface area contributed by atoms with E-state index < -0.39 is 5.60 Å². The van der Waals surface area contributed by atoms with Crippen molar-refractivity contribution in [2.45, 2.75) is 78.0 Å². The molecule has 0 aromatic heterocycles. The van der Waals surface area contributed by atoms with Crippen LogP contribution < -0.4 is 9.80 Å². The first-order chi connectivity index (χ1) is 26.4. The fourth-order valence-corrected chi connectivity index (χ4v) is 7.36. The first kappa shape index (κ1) is 42.9. The molecule has 4 fully saturated rings. The molecule has 4 aliphatic rings. The Morgan fingerprint density at radius 1 is 0.643 bits per heavy atom. The standard InChI is InChI=1S/C24H31N3O.C21H31N3O3.CH4/c1-25-16-17-26(15-14-20-8-4-2-5-9-20)18-23(25)19-27(24(28)21-12-13-21)22-10-6-3-7-11-22;1-21(2,3)27-20(26)23-13-12-22(4)18(14-23)15-24(19(25)16-10-11-16)17-8-6-5-7-9-17;/h2-11,21,23H,12-19H2,1H3;5-9,16,18H,10-15H2,1-4H3;1H4. The maximum Gasteiger partial charge on any atom is 0.410 e. The molecule has 2 aliphatic carbocycles. The lowest BCUT2D eigenvalue weighted by atomic mass is 10.1. The minimum absolute atomic E-state index is 0. The van der Waals surface area contributed by atoms with Crippen molar-refractivity contribution in [3.63, 3.8) is 0 Å². The zero-order valence-electron chi connectivity index (χ0n) is 33.7. The number of amides is 3. The average Bonchev–Trinajstić information content (AvgIpc) is 4.11. The molecule has 7 rings (SSSR count). The lowest BCUT2D eigenvalue weighted by molar-refractivity contribution is -0.120. The van der Waals surface area contributed by atoms with Crippen LogP contribution in [0.2, 0.25) is 0 Å². The van der Waals surface area contributed by atoms with Gasteiger partial charge in [0.15, 0.2) is 0 Å². The van der Waals surface area contributed by atoms with Crippen molar-refractivity contribution in [2.24, 2.45) is 11.8 Å². The number of carbonyl (C=O) groups excluding carboxylic acids is 3. The fourth-order valence-electron chi connectivity index (χ4n) is 7.36. The lowest BCUT2D eigenvalue weighted by Gasteiger charge is -2.41. The maximum absolute atomic E-state index is 13.0. The van der Waals surface area contributed by atoms with Gasteiger partial charge in [-0.2, -0.15) is 0 Å². The molecule has 2 atom stereocenters. The van der Waals surface area contributed by atoms with E-state index in [1.165, 1.54) is 5.56 Å². The first-order valence-electron chi connectivity index (χ1n) is 20.3. The van der Waals surface area contributed by atoms with Crippen molar-refractivity contribution in [3.05, 3.63) is 96.6 Å². The summed E-state index contributed by atoms with van der Waals surface area (Å²) in [5.41, 5.74) is 2.85. The molecule has 3 amide bonds. The zero-order valence-corrected chi connectivity index (χ0v) is 33.7. The number of nitrogens with zero attached hydrogens (tertiary/aromatic N) is 6. The molecule has 2 unspecified atom stereocenters. The van der Waals surface area contributed by atoms with Gasteiger partial charge in [-0.05, 0) is 96.8 Å². The zero-order chi connectivity index (χ0) is 39.0. The van der Waals surface area contributed by atoms with Crippen LogP contribution in [0.1, 0.15) is 59.4 Å². The van der Waals surface area contributed by atoms with E-state index in [1.807, 2.05) is 79.1 Å². The Hall–Kier alpha value is -4.25. The highest BCUT2D eigenvalue weighted by molar-refractivity contribution is 5.97. The predicted octanol–water partition coefficient (Wildman–Crippen LogP) is 6.91. The molecule has 3 aromatic carbocycles. The van der Waals surface area contributed by atoms with Gasteiger partial charge in [0.2, 0.25) is 11.8 Å². The smallest absolute Gasteiger partial charge is 0.410 e. The Balaban J connectivity index is 0.000000211. The number of likely N-dealkylation sites (N-methyl/N-ethyl adjacent to an activating group) is 2. The van der Waals surface area contributed by atoms with Crippen molar-refractivity contribution in [1.29, 1.82) is 0 Å². The van der Waals surface area contributed by atoms with Gasteiger partial charge in [0.1, 0.15) is 5.60 Å². The van der Waals surface area contributed by atoms with Gasteiger partial charge < -0.3 is 24.3 Å². The highest BCUT2D eigenvalue weighted by atomic mass is 16.6. The Kier molecular flexibility index (Phi) is 15.1. The van der Waals surface area contributed by atoms with E-state index in [9.17, 15) is 14.4 Å². The minimum Gasteiger partial charge on any atom is -0.444 e. The Bertz CT molecular complexity index is 1680. The largest absolute Gasteiger partial charge is 0.444 e. The quantitative estimate of drug-likeness (QED) is 0.210. The summed E-state index contributed by atoms with van der Waals surface area (Å²) in [5.74, 6) is 0.898.